The molecule has 0 fully saturated rings. The lowest BCUT2D eigenvalue weighted by molar-refractivity contribution is -0.122. The Balaban J connectivity index is 1.44. The summed E-state index contributed by atoms with van der Waals surface area (Å²) in [6, 6.07) is 13.9. The van der Waals surface area contributed by atoms with Crippen molar-refractivity contribution in [2.24, 2.45) is 0 Å². The smallest absolute Gasteiger partial charge is 0.234 e. The molecule has 0 bridgehead atoms. The van der Waals surface area contributed by atoms with Gasteiger partial charge in [0.2, 0.25) is 5.91 Å². The predicted molar refractivity (Wildman–Crippen MR) is 112 cm³/mol. The maximum absolute atomic E-state index is 12.2. The van der Waals surface area contributed by atoms with Crippen LogP contribution in [0.4, 0.5) is 0 Å². The van der Waals surface area contributed by atoms with Gasteiger partial charge >= 0.3 is 0 Å². The van der Waals surface area contributed by atoms with Gasteiger partial charge in [-0.25, -0.2) is 4.98 Å². The van der Waals surface area contributed by atoms with Gasteiger partial charge in [0, 0.05) is 6.54 Å². The van der Waals surface area contributed by atoms with Crippen LogP contribution >= 0.6 is 11.3 Å². The van der Waals surface area contributed by atoms with E-state index in [1.807, 2.05) is 48.3 Å². The standard InChI is InChI=1S/C21H25N3O3S/c1-24(14-21-23-16-6-4-5-7-19(16)28-21)13-20(25)22-11-10-15-8-9-17(26-2)18(12-15)27-3/h4-9,12H,10-11,13-14H2,1-3H3,(H,22,25). The molecule has 148 valence electrons. The van der Waals surface area contributed by atoms with Gasteiger partial charge in [0.1, 0.15) is 5.01 Å². The number of likely N-dealkylation sites (N-methyl/N-ethyl adjacent to an activating group) is 1. The Morgan fingerprint density at radius 1 is 1.14 bits per heavy atom. The van der Waals surface area contributed by atoms with Gasteiger partial charge in [-0.15, -0.1) is 11.3 Å². The van der Waals surface area contributed by atoms with E-state index in [0.29, 0.717) is 31.1 Å². The number of para-hydroxylation sites is 1. The quantitative estimate of drug-likeness (QED) is 0.599. The summed E-state index contributed by atoms with van der Waals surface area (Å²) in [6.45, 7) is 1.56. The van der Waals surface area contributed by atoms with E-state index in [-0.39, 0.29) is 5.91 Å². The molecule has 0 unspecified atom stereocenters. The van der Waals surface area contributed by atoms with Gasteiger partial charge in [0.05, 0.1) is 37.5 Å². The average Bonchev–Trinajstić information content (AvgIpc) is 3.09. The first kappa shape index (κ1) is 20.1. The molecule has 1 amide bonds. The minimum absolute atomic E-state index is 0.00378. The highest BCUT2D eigenvalue weighted by atomic mass is 32.1. The van der Waals surface area contributed by atoms with E-state index in [4.69, 9.17) is 9.47 Å². The molecular formula is C21H25N3O3S. The molecule has 0 aliphatic carbocycles. The minimum Gasteiger partial charge on any atom is -0.493 e. The molecule has 1 heterocycles. The number of ether oxygens (including phenoxy) is 2. The van der Waals surface area contributed by atoms with Crippen molar-refractivity contribution >= 4 is 27.5 Å². The fraction of sp³-hybridized carbons (Fsp3) is 0.333. The molecule has 6 nitrogen and oxygen atoms in total. The van der Waals surface area contributed by atoms with E-state index < -0.39 is 0 Å². The second-order valence-corrected chi connectivity index (χ2v) is 7.65. The zero-order chi connectivity index (χ0) is 19.9. The van der Waals surface area contributed by atoms with E-state index >= 15 is 0 Å². The topological polar surface area (TPSA) is 63.7 Å². The monoisotopic (exact) mass is 399 g/mol. The highest BCUT2D eigenvalue weighted by molar-refractivity contribution is 7.18. The lowest BCUT2D eigenvalue weighted by Gasteiger charge is -2.15. The van der Waals surface area contributed by atoms with Crippen molar-refractivity contribution in [1.29, 1.82) is 0 Å². The van der Waals surface area contributed by atoms with Crippen LogP contribution < -0.4 is 14.8 Å². The zero-order valence-electron chi connectivity index (χ0n) is 16.4. The molecule has 3 rings (SSSR count). The largest absolute Gasteiger partial charge is 0.493 e. The molecule has 7 heteroatoms. The number of nitrogens with zero attached hydrogens (tertiary/aromatic N) is 2. The van der Waals surface area contributed by atoms with E-state index in [1.165, 1.54) is 4.70 Å². The Morgan fingerprint density at radius 3 is 2.68 bits per heavy atom. The van der Waals surface area contributed by atoms with E-state index in [2.05, 4.69) is 16.4 Å². The van der Waals surface area contributed by atoms with Crippen molar-refractivity contribution in [2.75, 3.05) is 34.4 Å². The summed E-state index contributed by atoms with van der Waals surface area (Å²) in [5.74, 6) is 1.40. The molecule has 0 aliphatic rings. The van der Waals surface area contributed by atoms with Crippen LogP contribution in [0.3, 0.4) is 0 Å². The molecule has 0 spiro atoms. The third-order valence-electron chi connectivity index (χ3n) is 4.34. The molecular weight excluding hydrogens is 374 g/mol. The third-order valence-corrected chi connectivity index (χ3v) is 5.36. The van der Waals surface area contributed by atoms with Crippen molar-refractivity contribution in [3.8, 4) is 11.5 Å². The lowest BCUT2D eigenvalue weighted by atomic mass is 10.1. The lowest BCUT2D eigenvalue weighted by Crippen LogP contribution is -2.35. The highest BCUT2D eigenvalue weighted by Gasteiger charge is 2.10. The predicted octanol–water partition coefficient (Wildman–Crippen LogP) is 3.10. The number of aromatic nitrogens is 1. The van der Waals surface area contributed by atoms with Crippen LogP contribution in [0.25, 0.3) is 10.2 Å². The maximum Gasteiger partial charge on any atom is 0.234 e. The van der Waals surface area contributed by atoms with Gasteiger partial charge < -0.3 is 14.8 Å². The second kappa shape index (κ2) is 9.52. The molecule has 28 heavy (non-hydrogen) atoms. The fourth-order valence-corrected chi connectivity index (χ4v) is 4.01. The SMILES string of the molecule is COc1ccc(CCNC(=O)CN(C)Cc2nc3ccccc3s2)cc1OC. The number of methoxy groups -OCH3 is 2. The summed E-state index contributed by atoms with van der Waals surface area (Å²) in [5.41, 5.74) is 2.09. The number of thiazole rings is 1. The second-order valence-electron chi connectivity index (χ2n) is 6.54. The van der Waals surface area contributed by atoms with Crippen molar-refractivity contribution in [1.82, 2.24) is 15.2 Å². The summed E-state index contributed by atoms with van der Waals surface area (Å²) >= 11 is 1.67. The Labute approximate surface area is 169 Å². The number of nitrogens with one attached hydrogen (secondary N) is 1. The molecule has 0 atom stereocenters. The van der Waals surface area contributed by atoms with Crippen molar-refractivity contribution < 1.29 is 14.3 Å². The van der Waals surface area contributed by atoms with Crippen LogP contribution in [-0.4, -0.2) is 50.1 Å². The Hall–Kier alpha value is -2.64. The highest BCUT2D eigenvalue weighted by Crippen LogP contribution is 2.27. The number of hydrogen-bond donors (Lipinski definition) is 1. The van der Waals surface area contributed by atoms with Gasteiger partial charge in [-0.1, -0.05) is 18.2 Å². The molecule has 0 aliphatic heterocycles. The molecule has 0 saturated heterocycles. The van der Waals surface area contributed by atoms with Crippen molar-refractivity contribution in [3.63, 3.8) is 0 Å². The number of amides is 1. The average molecular weight is 400 g/mol. The summed E-state index contributed by atoms with van der Waals surface area (Å²) in [5, 5.41) is 3.99. The number of carbonyl (C=O) groups excluding carboxylic acids is 1. The molecule has 1 N–H and O–H groups in total. The van der Waals surface area contributed by atoms with Crippen LogP contribution in [0.2, 0.25) is 0 Å². The van der Waals surface area contributed by atoms with Crippen LogP contribution in [0.5, 0.6) is 11.5 Å². The summed E-state index contributed by atoms with van der Waals surface area (Å²) in [4.78, 5) is 18.8. The number of fused-ring (bicyclic) bond motifs is 1. The summed E-state index contributed by atoms with van der Waals surface area (Å²) < 4.78 is 11.7. The maximum atomic E-state index is 12.2. The normalized spacial score (nSPS) is 11.0. The first-order valence-corrected chi connectivity index (χ1v) is 9.91. The number of rotatable bonds is 9. The first-order chi connectivity index (χ1) is 13.6. The zero-order valence-corrected chi connectivity index (χ0v) is 17.2. The van der Waals surface area contributed by atoms with Gasteiger partial charge in [-0.05, 0) is 43.3 Å². The summed E-state index contributed by atoms with van der Waals surface area (Å²) in [6.07, 6.45) is 0.730. The molecule has 0 saturated carbocycles. The van der Waals surface area contributed by atoms with Gasteiger partial charge in [0.15, 0.2) is 11.5 Å². The number of carbonyl (C=O) groups is 1. The van der Waals surface area contributed by atoms with Crippen molar-refractivity contribution in [3.05, 3.63) is 53.0 Å². The third kappa shape index (κ3) is 5.21. The molecule has 3 aromatic rings. The van der Waals surface area contributed by atoms with Crippen LogP contribution in [0.1, 0.15) is 10.6 Å². The number of hydrogen-bond acceptors (Lipinski definition) is 6. The van der Waals surface area contributed by atoms with Crippen LogP contribution in [0.15, 0.2) is 42.5 Å². The number of benzene rings is 2. The fourth-order valence-electron chi connectivity index (χ4n) is 2.96. The van der Waals surface area contributed by atoms with E-state index in [1.54, 1.807) is 25.6 Å². The molecule has 2 aromatic carbocycles. The van der Waals surface area contributed by atoms with Gasteiger partial charge in [-0.3, -0.25) is 9.69 Å². The minimum atomic E-state index is 0.00378. The first-order valence-electron chi connectivity index (χ1n) is 9.09. The van der Waals surface area contributed by atoms with Gasteiger partial charge in [0.25, 0.3) is 0 Å². The Morgan fingerprint density at radius 2 is 1.93 bits per heavy atom. The Bertz CT molecular complexity index is 909. The van der Waals surface area contributed by atoms with E-state index in [9.17, 15) is 4.79 Å². The van der Waals surface area contributed by atoms with E-state index in [0.717, 1.165) is 22.5 Å². The molecule has 0 radical (unpaired) electrons. The summed E-state index contributed by atoms with van der Waals surface area (Å²) in [7, 11) is 5.16. The van der Waals surface area contributed by atoms with Crippen molar-refractivity contribution in [2.45, 2.75) is 13.0 Å². The molecule has 1 aromatic heterocycles. The Kier molecular flexibility index (Phi) is 6.84. The van der Waals surface area contributed by atoms with Crippen LogP contribution in [0, 0.1) is 0 Å². The van der Waals surface area contributed by atoms with Crippen LogP contribution in [-0.2, 0) is 17.8 Å². The van der Waals surface area contributed by atoms with Gasteiger partial charge in [-0.2, -0.15) is 0 Å².